The highest BCUT2D eigenvalue weighted by Crippen LogP contribution is 2.30. The van der Waals surface area contributed by atoms with Gasteiger partial charge in [0.25, 0.3) is 0 Å². The molecule has 0 saturated carbocycles. The van der Waals surface area contributed by atoms with Crippen LogP contribution in [0.25, 0.3) is 0 Å². The van der Waals surface area contributed by atoms with Gasteiger partial charge >= 0.3 is 0 Å². The maximum absolute atomic E-state index is 5.69. The molecule has 82 valence electrons. The number of rotatable bonds is 3. The van der Waals surface area contributed by atoms with Gasteiger partial charge in [0.15, 0.2) is 0 Å². The summed E-state index contributed by atoms with van der Waals surface area (Å²) in [5, 5.41) is 0. The summed E-state index contributed by atoms with van der Waals surface area (Å²) in [7, 11) is 2.29. The van der Waals surface area contributed by atoms with Crippen LogP contribution in [-0.2, 0) is 15.6 Å². The van der Waals surface area contributed by atoms with Gasteiger partial charge in [-0.1, -0.05) is 30.3 Å². The van der Waals surface area contributed by atoms with Crippen LogP contribution in [0, 0.1) is 0 Å². The predicted octanol–water partition coefficient (Wildman–Crippen LogP) is 3.13. The molecule has 2 heteroatoms. The lowest BCUT2D eigenvalue weighted by atomic mass is 10.2. The Labute approximate surface area is 95.2 Å². The van der Waals surface area contributed by atoms with Crippen molar-refractivity contribution in [3.8, 4) is 0 Å². The number of benzene rings is 1. The molecular formula is C13H19OS+. The first kappa shape index (κ1) is 11.0. The monoisotopic (exact) mass is 223 g/mol. The van der Waals surface area contributed by atoms with Crippen LogP contribution in [0.3, 0.4) is 0 Å². The molecule has 1 atom stereocenters. The van der Waals surface area contributed by atoms with Crippen molar-refractivity contribution in [1.82, 2.24) is 0 Å². The fourth-order valence-corrected chi connectivity index (χ4v) is 4.74. The van der Waals surface area contributed by atoms with E-state index in [9.17, 15) is 0 Å². The largest absolute Gasteiger partial charge is 0.333 e. The van der Waals surface area contributed by atoms with Crippen molar-refractivity contribution < 1.29 is 4.74 Å². The Hall–Kier alpha value is -0.470. The Morgan fingerprint density at radius 1 is 1.07 bits per heavy atom. The standard InChI is InChI=1S/C13H19OS/c1-14-13(12-8-4-2-5-9-12)15-10-6-3-7-11-15/h2,4-5,8-9,13H,3,6-7,10-11H2,1H3/q+1. The van der Waals surface area contributed by atoms with E-state index in [4.69, 9.17) is 4.74 Å². The van der Waals surface area contributed by atoms with Gasteiger partial charge in [-0.2, -0.15) is 0 Å². The summed E-state index contributed by atoms with van der Waals surface area (Å²) in [5.74, 6) is 2.71. The van der Waals surface area contributed by atoms with E-state index >= 15 is 0 Å². The van der Waals surface area contributed by atoms with Crippen LogP contribution >= 0.6 is 0 Å². The van der Waals surface area contributed by atoms with E-state index in [1.165, 1.54) is 36.3 Å². The molecule has 0 bridgehead atoms. The molecule has 1 aromatic rings. The Morgan fingerprint density at radius 3 is 2.33 bits per heavy atom. The molecule has 1 heterocycles. The van der Waals surface area contributed by atoms with Gasteiger partial charge in [-0.05, 0) is 19.3 Å². The summed E-state index contributed by atoms with van der Waals surface area (Å²) in [6, 6.07) is 10.7. The number of hydrogen-bond acceptors (Lipinski definition) is 1. The zero-order valence-electron chi connectivity index (χ0n) is 9.32. The van der Waals surface area contributed by atoms with E-state index in [0.29, 0.717) is 16.3 Å². The molecule has 0 spiro atoms. The Kier molecular flexibility index (Phi) is 4.09. The van der Waals surface area contributed by atoms with Crippen molar-refractivity contribution in [2.24, 2.45) is 0 Å². The first-order valence-electron chi connectivity index (χ1n) is 5.66. The van der Waals surface area contributed by atoms with E-state index in [1.54, 1.807) is 0 Å². The van der Waals surface area contributed by atoms with Gasteiger partial charge < -0.3 is 4.74 Å². The van der Waals surface area contributed by atoms with Gasteiger partial charge in [0.05, 0.1) is 0 Å². The molecular weight excluding hydrogens is 204 g/mol. The molecule has 1 aliphatic heterocycles. The lowest BCUT2D eigenvalue weighted by Gasteiger charge is -2.21. The van der Waals surface area contributed by atoms with Crippen LogP contribution in [0.5, 0.6) is 0 Å². The molecule has 1 nitrogen and oxygen atoms in total. The minimum Gasteiger partial charge on any atom is -0.333 e. The molecule has 0 radical (unpaired) electrons. The molecule has 1 aromatic carbocycles. The second-order valence-electron chi connectivity index (χ2n) is 3.98. The highest BCUT2D eigenvalue weighted by molar-refractivity contribution is 7.96. The highest BCUT2D eigenvalue weighted by atomic mass is 32.2. The van der Waals surface area contributed by atoms with Crippen LogP contribution in [0.4, 0.5) is 0 Å². The van der Waals surface area contributed by atoms with Crippen LogP contribution < -0.4 is 0 Å². The van der Waals surface area contributed by atoms with Crippen molar-refractivity contribution in [2.45, 2.75) is 24.7 Å². The fraction of sp³-hybridized carbons (Fsp3) is 0.538. The number of ether oxygens (including phenoxy) is 1. The van der Waals surface area contributed by atoms with Gasteiger partial charge in [0, 0.05) is 23.6 Å². The summed E-state index contributed by atoms with van der Waals surface area (Å²) < 4.78 is 5.69. The van der Waals surface area contributed by atoms with E-state index in [0.717, 1.165) is 0 Å². The van der Waals surface area contributed by atoms with Gasteiger partial charge in [0.1, 0.15) is 11.5 Å². The highest BCUT2D eigenvalue weighted by Gasteiger charge is 2.33. The number of hydrogen-bond donors (Lipinski definition) is 0. The lowest BCUT2D eigenvalue weighted by Crippen LogP contribution is -2.25. The molecule has 0 aromatic heterocycles. The van der Waals surface area contributed by atoms with E-state index in [1.807, 2.05) is 7.11 Å². The van der Waals surface area contributed by atoms with Crippen molar-refractivity contribution in [3.63, 3.8) is 0 Å². The Bertz CT molecular complexity index is 280. The summed E-state index contributed by atoms with van der Waals surface area (Å²) in [5.41, 5.74) is 1.69. The number of methoxy groups -OCH3 is 1. The van der Waals surface area contributed by atoms with Crippen molar-refractivity contribution in [2.75, 3.05) is 18.6 Å². The first-order valence-corrected chi connectivity index (χ1v) is 7.28. The summed E-state index contributed by atoms with van der Waals surface area (Å²) in [6.45, 7) is 0. The molecule has 2 rings (SSSR count). The van der Waals surface area contributed by atoms with Crippen LogP contribution in [0.15, 0.2) is 30.3 Å². The van der Waals surface area contributed by atoms with Gasteiger partial charge in [-0.25, -0.2) is 0 Å². The minimum atomic E-state index is 0.339. The summed E-state index contributed by atoms with van der Waals surface area (Å²) in [6.07, 6.45) is 4.18. The zero-order chi connectivity index (χ0) is 10.5. The fourth-order valence-electron chi connectivity index (χ4n) is 2.14. The van der Waals surface area contributed by atoms with E-state index in [2.05, 4.69) is 30.3 Å². The molecule has 1 unspecified atom stereocenters. The van der Waals surface area contributed by atoms with Gasteiger partial charge in [-0.15, -0.1) is 0 Å². The maximum atomic E-state index is 5.69. The van der Waals surface area contributed by atoms with Crippen molar-refractivity contribution >= 4 is 10.9 Å². The molecule has 1 aliphatic rings. The smallest absolute Gasteiger partial charge is 0.244 e. The Balaban J connectivity index is 2.09. The quantitative estimate of drug-likeness (QED) is 0.715. The van der Waals surface area contributed by atoms with Gasteiger partial charge in [0.2, 0.25) is 5.44 Å². The summed E-state index contributed by atoms with van der Waals surface area (Å²) in [4.78, 5) is 0. The van der Waals surface area contributed by atoms with Gasteiger partial charge in [-0.3, -0.25) is 0 Å². The second-order valence-corrected chi connectivity index (χ2v) is 6.30. The molecule has 0 amide bonds. The second kappa shape index (κ2) is 5.57. The predicted molar refractivity (Wildman–Crippen MR) is 67.1 cm³/mol. The molecule has 0 aliphatic carbocycles. The SMILES string of the molecule is COC(c1ccccc1)[S+]1CCCCC1. The van der Waals surface area contributed by atoms with Crippen LogP contribution in [-0.4, -0.2) is 18.6 Å². The normalized spacial score (nSPS) is 20.1. The Morgan fingerprint density at radius 2 is 1.73 bits per heavy atom. The third-order valence-corrected chi connectivity index (χ3v) is 5.60. The van der Waals surface area contributed by atoms with E-state index < -0.39 is 0 Å². The molecule has 1 fully saturated rings. The average Bonchev–Trinajstić information content (AvgIpc) is 2.33. The average molecular weight is 223 g/mol. The van der Waals surface area contributed by atoms with Crippen LogP contribution in [0.2, 0.25) is 0 Å². The first-order chi connectivity index (χ1) is 7.42. The molecule has 0 N–H and O–H groups in total. The third-order valence-electron chi connectivity index (χ3n) is 2.90. The van der Waals surface area contributed by atoms with E-state index in [-0.39, 0.29) is 0 Å². The third kappa shape index (κ3) is 2.76. The molecule has 1 saturated heterocycles. The van der Waals surface area contributed by atoms with Crippen LogP contribution in [0.1, 0.15) is 30.3 Å². The minimum absolute atomic E-state index is 0.339. The topological polar surface area (TPSA) is 9.23 Å². The van der Waals surface area contributed by atoms with Crippen molar-refractivity contribution in [1.29, 1.82) is 0 Å². The maximum Gasteiger partial charge on any atom is 0.244 e. The zero-order valence-corrected chi connectivity index (χ0v) is 10.1. The summed E-state index contributed by atoms with van der Waals surface area (Å²) >= 11 is 0. The van der Waals surface area contributed by atoms with Crippen molar-refractivity contribution in [3.05, 3.63) is 35.9 Å². The lowest BCUT2D eigenvalue weighted by molar-refractivity contribution is 0.172. The molecule has 15 heavy (non-hydrogen) atoms.